The van der Waals surface area contributed by atoms with Crippen LogP contribution in [-0.2, 0) is 10.0 Å². The van der Waals surface area contributed by atoms with Gasteiger partial charge in [0.1, 0.15) is 29.4 Å². The fourth-order valence-electron chi connectivity index (χ4n) is 4.92. The molecular weight excluding hydrogens is 465 g/mol. The highest BCUT2D eigenvalue weighted by atomic mass is 32.2. The number of fused-ring (bicyclic) bond motifs is 3. The predicted molar refractivity (Wildman–Crippen MR) is 126 cm³/mol. The van der Waals surface area contributed by atoms with Gasteiger partial charge in [0.05, 0.1) is 11.0 Å². The normalized spacial score (nSPS) is 23.2. The molecule has 176 valence electrons. The first-order valence-electron chi connectivity index (χ1n) is 11.0. The highest BCUT2D eigenvalue weighted by Gasteiger charge is 2.44. The third-order valence-electron chi connectivity index (χ3n) is 6.23. The lowest BCUT2D eigenvalue weighted by molar-refractivity contribution is 0.201. The number of ether oxygens (including phenoxy) is 2. The van der Waals surface area contributed by atoms with Crippen LogP contribution in [0.1, 0.15) is 25.7 Å². The maximum absolute atomic E-state index is 13.8. The number of nitrogens with zero attached hydrogens (tertiary/aromatic N) is 2. The lowest BCUT2D eigenvalue weighted by atomic mass is 10.00. The molecule has 33 heavy (non-hydrogen) atoms. The third kappa shape index (κ3) is 4.98. The first-order chi connectivity index (χ1) is 15.9. The van der Waals surface area contributed by atoms with Crippen molar-refractivity contribution in [3.63, 3.8) is 0 Å². The molecule has 3 atom stereocenters. The van der Waals surface area contributed by atoms with Crippen LogP contribution in [0.2, 0.25) is 0 Å². The molecule has 3 heterocycles. The molecule has 2 saturated heterocycles. The first-order valence-corrected chi connectivity index (χ1v) is 13.7. The molecule has 7 nitrogen and oxygen atoms in total. The molecule has 2 bridgehead atoms. The van der Waals surface area contributed by atoms with Gasteiger partial charge in [-0.05, 0) is 62.1 Å². The van der Waals surface area contributed by atoms with Gasteiger partial charge in [0.15, 0.2) is 0 Å². The van der Waals surface area contributed by atoms with Crippen LogP contribution >= 0.6 is 11.3 Å². The van der Waals surface area contributed by atoms with Gasteiger partial charge >= 0.3 is 0 Å². The molecule has 0 aliphatic carbocycles. The summed E-state index contributed by atoms with van der Waals surface area (Å²) < 4.78 is 51.9. The van der Waals surface area contributed by atoms with Crippen molar-refractivity contribution in [2.75, 3.05) is 19.4 Å². The highest BCUT2D eigenvalue weighted by Crippen LogP contribution is 2.37. The molecule has 3 aromatic rings. The van der Waals surface area contributed by atoms with Gasteiger partial charge in [0, 0.05) is 24.7 Å². The number of piperidine rings is 1. The molecule has 1 unspecified atom stereocenters. The van der Waals surface area contributed by atoms with Gasteiger partial charge in [-0.25, -0.2) is 12.8 Å². The topological polar surface area (TPSA) is 80.8 Å². The largest absolute Gasteiger partial charge is 0.492 e. The number of hydrogen-bond acceptors (Lipinski definition) is 7. The predicted octanol–water partition coefficient (Wildman–Crippen LogP) is 4.15. The van der Waals surface area contributed by atoms with Crippen molar-refractivity contribution in [1.29, 1.82) is 0 Å². The fraction of sp³-hybridized carbons (Fsp3) is 0.435. The Morgan fingerprint density at radius 1 is 1.12 bits per heavy atom. The van der Waals surface area contributed by atoms with Gasteiger partial charge in [-0.15, -0.1) is 0 Å². The lowest BCUT2D eigenvalue weighted by Crippen LogP contribution is -2.51. The molecule has 2 aromatic carbocycles. The summed E-state index contributed by atoms with van der Waals surface area (Å²) in [5.74, 6) is 0.976. The van der Waals surface area contributed by atoms with Crippen LogP contribution in [0, 0.1) is 5.82 Å². The van der Waals surface area contributed by atoms with Crippen molar-refractivity contribution in [3.05, 3.63) is 48.3 Å². The monoisotopic (exact) mass is 491 g/mol. The van der Waals surface area contributed by atoms with Crippen LogP contribution in [0.15, 0.2) is 42.5 Å². The number of rotatable bonds is 8. The van der Waals surface area contributed by atoms with Crippen LogP contribution in [0.25, 0.3) is 10.2 Å². The van der Waals surface area contributed by atoms with Crippen LogP contribution in [-0.4, -0.2) is 55.2 Å². The summed E-state index contributed by atoms with van der Waals surface area (Å²) in [6, 6.07) is 12.7. The van der Waals surface area contributed by atoms with Crippen molar-refractivity contribution in [3.8, 4) is 16.7 Å². The minimum Gasteiger partial charge on any atom is -0.492 e. The molecule has 0 spiro atoms. The average Bonchev–Trinajstić information content (AvgIpc) is 3.31. The zero-order valence-electron chi connectivity index (χ0n) is 18.2. The van der Waals surface area contributed by atoms with E-state index in [-0.39, 0.29) is 17.9 Å². The summed E-state index contributed by atoms with van der Waals surface area (Å²) in [6.07, 6.45) is 4.92. The van der Waals surface area contributed by atoms with Crippen LogP contribution in [0.5, 0.6) is 16.7 Å². The molecule has 1 aromatic heterocycles. The second-order valence-corrected chi connectivity index (χ2v) is 11.5. The smallest absolute Gasteiger partial charge is 0.279 e. The Bertz CT molecular complexity index is 1220. The summed E-state index contributed by atoms with van der Waals surface area (Å²) in [6.45, 7) is 1.21. The Morgan fingerprint density at radius 3 is 2.48 bits per heavy atom. The highest BCUT2D eigenvalue weighted by molar-refractivity contribution is 7.88. The maximum atomic E-state index is 13.8. The van der Waals surface area contributed by atoms with E-state index >= 15 is 0 Å². The minimum absolute atomic E-state index is 0.122. The third-order valence-corrected chi connectivity index (χ3v) is 8.49. The zero-order chi connectivity index (χ0) is 23.0. The zero-order valence-corrected chi connectivity index (χ0v) is 19.9. The van der Waals surface area contributed by atoms with Crippen molar-refractivity contribution < 1.29 is 22.3 Å². The SMILES string of the molecule is CS(=O)(=O)N1[C@@H]2CC[C@H]1CC(NCCOc1ccc(Oc3nc4c(F)cccc4s3)cc1)C2. The van der Waals surface area contributed by atoms with Crippen molar-refractivity contribution >= 4 is 31.6 Å². The molecule has 0 amide bonds. The van der Waals surface area contributed by atoms with Crippen LogP contribution in [0.4, 0.5) is 4.39 Å². The molecule has 0 saturated carbocycles. The number of nitrogens with one attached hydrogen (secondary N) is 1. The minimum atomic E-state index is -3.13. The van der Waals surface area contributed by atoms with Gasteiger partial charge in [0.2, 0.25) is 10.0 Å². The average molecular weight is 492 g/mol. The number of aromatic nitrogens is 1. The number of benzene rings is 2. The molecule has 2 aliphatic heterocycles. The number of sulfonamides is 1. The van der Waals surface area contributed by atoms with E-state index in [1.165, 1.54) is 23.7 Å². The van der Waals surface area contributed by atoms with E-state index in [4.69, 9.17) is 9.47 Å². The number of thiazole rings is 1. The van der Waals surface area contributed by atoms with E-state index < -0.39 is 10.0 Å². The number of para-hydroxylation sites is 1. The molecule has 10 heteroatoms. The molecule has 5 rings (SSSR count). The summed E-state index contributed by atoms with van der Waals surface area (Å²) in [5.41, 5.74) is 0.319. The van der Waals surface area contributed by atoms with E-state index in [0.717, 1.165) is 36.1 Å². The van der Waals surface area contributed by atoms with Gasteiger partial charge in [-0.1, -0.05) is 17.4 Å². The molecular formula is C23H26FN3O4S2. The van der Waals surface area contributed by atoms with Crippen molar-refractivity contribution in [2.45, 2.75) is 43.8 Å². The van der Waals surface area contributed by atoms with E-state index in [9.17, 15) is 12.8 Å². The van der Waals surface area contributed by atoms with Gasteiger partial charge in [-0.3, -0.25) is 0 Å². The van der Waals surface area contributed by atoms with E-state index in [2.05, 4.69) is 10.3 Å². The molecule has 0 radical (unpaired) electrons. The van der Waals surface area contributed by atoms with Crippen molar-refractivity contribution in [1.82, 2.24) is 14.6 Å². The summed E-state index contributed by atoms with van der Waals surface area (Å²) in [5, 5.41) is 3.91. The molecule has 2 fully saturated rings. The Balaban J connectivity index is 1.08. The Morgan fingerprint density at radius 2 is 1.82 bits per heavy atom. The van der Waals surface area contributed by atoms with Gasteiger partial charge in [0.25, 0.3) is 5.19 Å². The van der Waals surface area contributed by atoms with Gasteiger partial charge in [-0.2, -0.15) is 9.29 Å². The Hall–Kier alpha value is -2.27. The summed E-state index contributed by atoms with van der Waals surface area (Å²) >= 11 is 1.30. The Labute approximate surface area is 196 Å². The van der Waals surface area contributed by atoms with E-state index in [0.29, 0.717) is 35.7 Å². The van der Waals surface area contributed by atoms with E-state index in [1.54, 1.807) is 22.5 Å². The fourth-order valence-corrected chi connectivity index (χ4v) is 7.23. The quantitative estimate of drug-likeness (QED) is 0.477. The Kier molecular flexibility index (Phi) is 6.26. The van der Waals surface area contributed by atoms with Crippen LogP contribution < -0.4 is 14.8 Å². The molecule has 1 N–H and O–H groups in total. The molecule has 2 aliphatic rings. The first kappa shape index (κ1) is 22.5. The number of halogens is 1. The standard InChI is InChI=1S/C23H26FN3O4S2/c1-33(28,29)27-16-5-6-17(27)14-15(13-16)25-11-12-30-18-7-9-19(10-8-18)31-23-26-22-20(24)3-2-4-21(22)32-23/h2-4,7-10,15-17,25H,5-6,11-14H2,1H3/t15?,16-,17+. The van der Waals surface area contributed by atoms with E-state index in [1.807, 2.05) is 18.2 Å². The van der Waals surface area contributed by atoms with Crippen molar-refractivity contribution in [2.24, 2.45) is 0 Å². The summed E-state index contributed by atoms with van der Waals surface area (Å²) in [7, 11) is -3.13. The maximum Gasteiger partial charge on any atom is 0.279 e. The second-order valence-electron chi connectivity index (χ2n) is 8.59. The lowest BCUT2D eigenvalue weighted by Gasteiger charge is -2.37. The number of hydrogen-bond donors (Lipinski definition) is 1. The van der Waals surface area contributed by atoms with Gasteiger partial charge < -0.3 is 14.8 Å². The second kappa shape index (κ2) is 9.17. The van der Waals surface area contributed by atoms with Crippen LogP contribution in [0.3, 0.4) is 0 Å². The summed E-state index contributed by atoms with van der Waals surface area (Å²) in [4.78, 5) is 4.21.